The minimum absolute atomic E-state index is 0.0662. The zero-order valence-corrected chi connectivity index (χ0v) is 57.7. The molecule has 2 aromatic carbocycles. The topological polar surface area (TPSA) is 395 Å². The number of aliphatic hydroxyl groups excluding tert-OH is 5. The van der Waals surface area contributed by atoms with E-state index in [1.54, 1.807) is 77.8 Å². The number of hydrogen-bond acceptors (Lipinski definition) is 21. The molecule has 2 aromatic rings. The molecule has 30 heteroatoms. The summed E-state index contributed by atoms with van der Waals surface area (Å²) in [7, 11) is 7.42. The number of aliphatic hydroxyl groups is 5. The van der Waals surface area contributed by atoms with Crippen LogP contribution in [0.5, 0.6) is 5.75 Å². The first-order chi connectivity index (χ1) is 45.9. The molecule has 6 rings (SSSR count). The number of carbonyl (C=O) groups is 9. The third-order valence-electron chi connectivity index (χ3n) is 18.8. The summed E-state index contributed by atoms with van der Waals surface area (Å²) in [6.07, 6.45) is -11.2. The predicted octanol–water partition coefficient (Wildman–Crippen LogP) is 0.712. The number of carboxylic acids is 1. The Morgan fingerprint density at radius 3 is 2.10 bits per heavy atom. The van der Waals surface area contributed by atoms with E-state index in [-0.39, 0.29) is 60.8 Å². The molecule has 4 aliphatic rings. The number of nitrogens with one attached hydrogen (secondary N) is 4. The Balaban J connectivity index is 1.13. The van der Waals surface area contributed by atoms with Crippen molar-refractivity contribution in [1.82, 2.24) is 40.4 Å². The molecule has 4 heterocycles. The van der Waals surface area contributed by atoms with Crippen LogP contribution in [0, 0.1) is 23.7 Å². The van der Waals surface area contributed by atoms with Crippen LogP contribution in [0.15, 0.2) is 60.7 Å². The lowest BCUT2D eigenvalue weighted by atomic mass is 9.86. The Morgan fingerprint density at radius 1 is 0.835 bits per heavy atom. The molecule has 0 saturated carbocycles. The summed E-state index contributed by atoms with van der Waals surface area (Å²) in [6, 6.07) is 8.80. The normalized spacial score (nSPS) is 23.6. The van der Waals surface area contributed by atoms with Crippen LogP contribution >= 0.6 is 0 Å². The highest BCUT2D eigenvalue weighted by molar-refractivity contribution is 5.99. The van der Waals surface area contributed by atoms with Crippen LogP contribution in [0.25, 0.3) is 0 Å². The Bertz CT molecular complexity index is 3060. The van der Waals surface area contributed by atoms with Crippen molar-refractivity contribution in [3.05, 3.63) is 71.8 Å². The molecule has 16 atom stereocenters. The average Bonchev–Trinajstić information content (AvgIpc) is 1.72. The van der Waals surface area contributed by atoms with Gasteiger partial charge in [0.2, 0.25) is 47.6 Å². The predicted molar refractivity (Wildman–Crippen MR) is 349 cm³/mol. The van der Waals surface area contributed by atoms with E-state index in [0.717, 1.165) is 15.9 Å². The van der Waals surface area contributed by atoms with E-state index in [1.807, 2.05) is 24.8 Å². The van der Waals surface area contributed by atoms with Crippen LogP contribution in [0.3, 0.4) is 0 Å². The highest BCUT2D eigenvalue weighted by Crippen LogP contribution is 2.35. The number of hydrogen-bond donors (Lipinski definition) is 10. The molecule has 1 unspecified atom stereocenters. The molecule has 3 fully saturated rings. The monoisotopic (exact) mass is 1370 g/mol. The van der Waals surface area contributed by atoms with Crippen molar-refractivity contribution < 1.29 is 102 Å². The Kier molecular flexibility index (Phi) is 28.7. The zero-order chi connectivity index (χ0) is 71.9. The molecule has 97 heavy (non-hydrogen) atoms. The van der Waals surface area contributed by atoms with Gasteiger partial charge >= 0.3 is 12.1 Å². The Labute approximate surface area is 566 Å². The first-order valence-corrected chi connectivity index (χ1v) is 32.9. The number of carbonyl (C=O) groups excluding carboxylic acids is 8. The molecule has 30 nitrogen and oxygen atoms in total. The number of likely N-dealkylation sites (N-methyl/N-ethyl adjacent to an activating group) is 2. The van der Waals surface area contributed by atoms with E-state index in [9.17, 15) is 73.8 Å². The second-order valence-electron chi connectivity index (χ2n) is 26.3. The van der Waals surface area contributed by atoms with Crippen LogP contribution in [0.2, 0.25) is 0 Å². The smallest absolute Gasteiger partial charge is 0.410 e. The van der Waals surface area contributed by atoms with E-state index in [0.29, 0.717) is 44.5 Å². The number of benzene rings is 2. The van der Waals surface area contributed by atoms with Crippen molar-refractivity contribution in [2.75, 3.05) is 80.1 Å². The van der Waals surface area contributed by atoms with Gasteiger partial charge in [-0.15, -0.1) is 0 Å². The number of rotatable bonds is 34. The van der Waals surface area contributed by atoms with Crippen molar-refractivity contribution in [2.45, 2.75) is 185 Å². The summed E-state index contributed by atoms with van der Waals surface area (Å²) in [5.74, 6) is -7.67. The molecule has 0 aromatic heterocycles. The average molecular weight is 1370 g/mol. The van der Waals surface area contributed by atoms with Gasteiger partial charge in [0.1, 0.15) is 54.5 Å². The standard InChI is InChI=1S/C67H101N9O21/c1-14-38(6)53(46(93-12)32-50(80)75-28-18-21-44(75)58(94-13)39(7)60(85)69-40(8)54(81)42-19-16-15-17-20-42)72(9)62(87)51(36(2)3)71-61(86)52(37(4)5)73(10)66(91)95-33-41-22-23-45(96-64-57(84)55(82)56(83)59(97-64)63(88)89)43(31-41)70-47(77)26-27-68-65(90)67(34-74(35-67)29-30-92-11)76-48(78)24-25-49(76)79/h15-17,19-20,22-25,31,36-40,44,46,48,51-59,64,78,81-84H,14,18,21,26-30,32-35H2,1-13H3,(H,68,90)(H,69,85)(H,70,77)(H,71,86)(H,88,89)/t38-,39+,40+,44-,46+,48?,51-,52-,53-,54+,55-,56-,57+,58+,59-,64+/m0/s1. The van der Waals surface area contributed by atoms with Gasteiger partial charge in [0.25, 0.3) is 0 Å². The maximum Gasteiger partial charge on any atom is 0.410 e. The fourth-order valence-electron chi connectivity index (χ4n) is 13.2. The minimum atomic E-state index is -2.05. The fourth-order valence-corrected chi connectivity index (χ4v) is 13.2. The number of amides is 8. The number of ether oxygens (including phenoxy) is 6. The van der Waals surface area contributed by atoms with Crippen LogP contribution in [0.4, 0.5) is 10.5 Å². The van der Waals surface area contributed by atoms with Gasteiger partial charge in [-0.1, -0.05) is 91.3 Å². The number of nitrogens with zero attached hydrogens (tertiary/aromatic N) is 5. The summed E-state index contributed by atoms with van der Waals surface area (Å²) in [5.41, 5.74) is -0.775. The summed E-state index contributed by atoms with van der Waals surface area (Å²) < 4.78 is 34.1. The molecule has 3 saturated heterocycles. The summed E-state index contributed by atoms with van der Waals surface area (Å²) in [5, 5.41) is 74.2. The second-order valence-corrected chi connectivity index (χ2v) is 26.3. The molecule has 540 valence electrons. The molecule has 0 bridgehead atoms. The van der Waals surface area contributed by atoms with E-state index >= 15 is 0 Å². The lowest BCUT2D eigenvalue weighted by Gasteiger charge is -2.54. The van der Waals surface area contributed by atoms with Crippen LogP contribution < -0.4 is 26.0 Å². The van der Waals surface area contributed by atoms with Gasteiger partial charge in [0.15, 0.2) is 6.10 Å². The summed E-state index contributed by atoms with van der Waals surface area (Å²) >= 11 is 0. The molecular formula is C67H101N9O21. The Morgan fingerprint density at radius 2 is 1.52 bits per heavy atom. The zero-order valence-electron chi connectivity index (χ0n) is 57.7. The van der Waals surface area contributed by atoms with Crippen molar-refractivity contribution in [3.8, 4) is 5.75 Å². The minimum Gasteiger partial charge on any atom is -0.479 e. The summed E-state index contributed by atoms with van der Waals surface area (Å²) in [4.78, 5) is 131. The first-order valence-electron chi connectivity index (χ1n) is 32.9. The number of anilines is 1. The highest BCUT2D eigenvalue weighted by Gasteiger charge is 2.57. The van der Waals surface area contributed by atoms with E-state index in [1.165, 1.54) is 57.6 Å². The molecular weight excluding hydrogens is 1270 g/mol. The van der Waals surface area contributed by atoms with Gasteiger partial charge in [-0.25, -0.2) is 9.59 Å². The largest absolute Gasteiger partial charge is 0.479 e. The van der Waals surface area contributed by atoms with E-state index in [2.05, 4.69) is 21.3 Å². The maximum absolute atomic E-state index is 14.9. The molecule has 4 aliphatic heterocycles. The van der Waals surface area contributed by atoms with Gasteiger partial charge in [0, 0.05) is 80.6 Å². The fraction of sp³-hybridized carbons (Fsp3) is 0.657. The van der Waals surface area contributed by atoms with E-state index < -0.39 is 163 Å². The van der Waals surface area contributed by atoms with Crippen molar-refractivity contribution >= 4 is 59.1 Å². The van der Waals surface area contributed by atoms with Crippen molar-refractivity contribution in [2.24, 2.45) is 23.7 Å². The Hall–Kier alpha value is -7.39. The maximum atomic E-state index is 14.9. The molecule has 0 spiro atoms. The van der Waals surface area contributed by atoms with Gasteiger partial charge in [-0.3, -0.25) is 48.3 Å². The van der Waals surface area contributed by atoms with Crippen molar-refractivity contribution in [1.29, 1.82) is 0 Å². The van der Waals surface area contributed by atoms with Gasteiger partial charge < -0.3 is 90.1 Å². The lowest BCUT2D eigenvalue weighted by Crippen LogP contribution is -2.77. The molecule has 0 radical (unpaired) electrons. The van der Waals surface area contributed by atoms with Gasteiger partial charge in [-0.05, 0) is 66.9 Å². The molecule has 10 N–H and O–H groups in total. The third-order valence-corrected chi connectivity index (χ3v) is 18.8. The number of likely N-dealkylation sites (tertiary alicyclic amines) is 2. The van der Waals surface area contributed by atoms with E-state index in [4.69, 9.17) is 28.4 Å². The third kappa shape index (κ3) is 18.9. The quantitative estimate of drug-likeness (QED) is 0.0461. The highest BCUT2D eigenvalue weighted by atomic mass is 16.7. The van der Waals surface area contributed by atoms with Crippen LogP contribution in [-0.2, 0) is 68.6 Å². The molecule has 0 aliphatic carbocycles. The lowest BCUT2D eigenvalue weighted by molar-refractivity contribution is -0.271. The van der Waals surface area contributed by atoms with Gasteiger partial charge in [0.05, 0.1) is 61.1 Å². The SMILES string of the molecule is CC[C@H](C)[C@@H]([C@@H](CC(=O)N1CCC[C@H]1[C@H](OC)[C@@H](C)C(=O)N[C@H](C)[C@@H](O)c1ccccc1)OC)N(C)C(=O)[C@@H](NC(=O)[C@H](C(C)C)N(C)C(=O)OCc1ccc(O[C@@H]2O[C@H](C(=O)O)[C@@H](O)[C@H](O)[C@H]2O)c(NC(=O)CCNC(=O)C2(N3C(=O)C=CC3O)CN(CCOC)C2)c1)C(C)C. The second kappa shape index (κ2) is 35.4. The van der Waals surface area contributed by atoms with Crippen LogP contribution in [-0.4, -0.2) is 268 Å². The number of aliphatic carboxylic acids is 1. The number of carboxylic acid groups (broad SMARTS) is 1. The van der Waals surface area contributed by atoms with Gasteiger partial charge in [-0.2, -0.15) is 0 Å². The summed E-state index contributed by atoms with van der Waals surface area (Å²) in [6.45, 7) is 14.8. The van der Waals surface area contributed by atoms with Crippen LogP contribution in [0.1, 0.15) is 105 Å². The van der Waals surface area contributed by atoms with Crippen molar-refractivity contribution in [3.63, 3.8) is 0 Å². The first kappa shape index (κ1) is 78.6. The number of methoxy groups -OCH3 is 3. The molecule has 8 amide bonds.